The van der Waals surface area contributed by atoms with E-state index >= 15 is 0 Å². The van der Waals surface area contributed by atoms with Crippen LogP contribution >= 0.6 is 0 Å². The van der Waals surface area contributed by atoms with Gasteiger partial charge in [-0.05, 0) is 50.8 Å². The van der Waals surface area contributed by atoms with E-state index < -0.39 is 5.54 Å². The second-order valence-corrected chi connectivity index (χ2v) is 6.94. The Bertz CT molecular complexity index is 473. The molecule has 4 heteroatoms. The van der Waals surface area contributed by atoms with E-state index in [9.17, 15) is 0 Å². The van der Waals surface area contributed by atoms with Gasteiger partial charge < -0.3 is 20.0 Å². The fraction of sp³-hybridized carbons (Fsp3) is 0.684. The Morgan fingerprint density at radius 2 is 2.13 bits per heavy atom. The number of nitrogens with two attached hydrogens (primary N) is 1. The Kier molecular flexibility index (Phi) is 7.34. The smallest absolute Gasteiger partial charge is 0.126 e. The topological polar surface area (TPSA) is 68.6 Å². The van der Waals surface area contributed by atoms with Crippen molar-refractivity contribution in [2.24, 2.45) is 5.73 Å². The van der Waals surface area contributed by atoms with Crippen LogP contribution in [0.15, 0.2) is 22.6 Å². The molecule has 1 unspecified atom stereocenters. The molecule has 0 bridgehead atoms. The molecular formula is C19H31NO3. The zero-order valence-electron chi connectivity index (χ0n) is 14.3. The summed E-state index contributed by atoms with van der Waals surface area (Å²) in [4.78, 5) is 0. The Morgan fingerprint density at radius 1 is 1.35 bits per heavy atom. The van der Waals surface area contributed by atoms with Crippen LogP contribution in [0.2, 0.25) is 0 Å². The van der Waals surface area contributed by atoms with Gasteiger partial charge in [0.15, 0.2) is 0 Å². The van der Waals surface area contributed by atoms with E-state index in [1.165, 1.54) is 32.1 Å². The van der Waals surface area contributed by atoms with Crippen LogP contribution in [0.1, 0.15) is 63.4 Å². The van der Waals surface area contributed by atoms with Crippen LogP contribution < -0.4 is 5.73 Å². The number of rotatable bonds is 9. The van der Waals surface area contributed by atoms with Crippen LogP contribution in [0.3, 0.4) is 0 Å². The zero-order valence-corrected chi connectivity index (χ0v) is 14.3. The molecule has 3 N–H and O–H groups in total. The quantitative estimate of drug-likeness (QED) is 0.681. The minimum Gasteiger partial charge on any atom is -0.462 e. The van der Waals surface area contributed by atoms with Crippen LogP contribution in [-0.4, -0.2) is 30.0 Å². The van der Waals surface area contributed by atoms with Gasteiger partial charge in [0, 0.05) is 12.0 Å². The number of aliphatic hydroxyl groups excluding tert-OH is 1. The summed E-state index contributed by atoms with van der Waals surface area (Å²) in [5.74, 6) is 1.77. The van der Waals surface area contributed by atoms with Crippen molar-refractivity contribution in [3.8, 4) is 0 Å². The maximum Gasteiger partial charge on any atom is 0.126 e. The summed E-state index contributed by atoms with van der Waals surface area (Å²) in [5, 5.41) is 9.16. The van der Waals surface area contributed by atoms with Gasteiger partial charge in [-0.1, -0.05) is 25.3 Å². The third-order valence-corrected chi connectivity index (χ3v) is 4.46. The third-order valence-electron chi connectivity index (χ3n) is 4.46. The first-order chi connectivity index (χ1) is 11.1. The number of ether oxygens (including phenoxy) is 1. The minimum absolute atomic E-state index is 0.0124. The summed E-state index contributed by atoms with van der Waals surface area (Å²) in [6.45, 7) is 2.63. The third kappa shape index (κ3) is 6.90. The molecule has 1 saturated carbocycles. The first kappa shape index (κ1) is 18.2. The normalized spacial score (nSPS) is 19.3. The molecule has 130 valence electrons. The summed E-state index contributed by atoms with van der Waals surface area (Å²) < 4.78 is 11.7. The molecule has 2 rings (SSSR count). The lowest BCUT2D eigenvalue weighted by Gasteiger charge is -2.21. The first-order valence-corrected chi connectivity index (χ1v) is 8.86. The first-order valence-electron chi connectivity index (χ1n) is 8.86. The van der Waals surface area contributed by atoms with Gasteiger partial charge >= 0.3 is 0 Å². The van der Waals surface area contributed by atoms with E-state index in [1.54, 1.807) is 0 Å². The molecule has 0 aliphatic heterocycles. The standard InChI is InChI=1S/C19H31NO3/c1-19(20,15-21)13-12-18-11-10-17(23-18)9-5-6-14-22-16-7-3-2-4-8-16/h5,9-11,16,21H,2-4,6-8,12-15,20H2,1H3/b9-5+. The molecule has 1 atom stereocenters. The molecule has 0 aromatic carbocycles. The number of hydrogen-bond donors (Lipinski definition) is 2. The van der Waals surface area contributed by atoms with Crippen molar-refractivity contribution in [2.45, 2.75) is 69.9 Å². The lowest BCUT2D eigenvalue weighted by Crippen LogP contribution is -2.40. The fourth-order valence-corrected chi connectivity index (χ4v) is 2.84. The molecule has 1 aliphatic rings. The lowest BCUT2D eigenvalue weighted by molar-refractivity contribution is 0.0313. The SMILES string of the molecule is CC(N)(CO)CCc1ccc(/C=C/CCOC2CCCCC2)o1. The zero-order chi connectivity index (χ0) is 16.5. The average molecular weight is 321 g/mol. The monoisotopic (exact) mass is 321 g/mol. The summed E-state index contributed by atoms with van der Waals surface area (Å²) in [6, 6.07) is 3.95. The predicted molar refractivity (Wildman–Crippen MR) is 93.2 cm³/mol. The molecule has 1 fully saturated rings. The minimum atomic E-state index is -0.542. The van der Waals surface area contributed by atoms with Crippen molar-refractivity contribution in [1.82, 2.24) is 0 Å². The maximum absolute atomic E-state index is 9.16. The van der Waals surface area contributed by atoms with Gasteiger partial charge in [0.2, 0.25) is 0 Å². The molecular weight excluding hydrogens is 290 g/mol. The van der Waals surface area contributed by atoms with Crippen LogP contribution in [0, 0.1) is 0 Å². The van der Waals surface area contributed by atoms with E-state index in [4.69, 9.17) is 20.0 Å². The molecule has 1 aliphatic carbocycles. The maximum atomic E-state index is 9.16. The van der Waals surface area contributed by atoms with Crippen LogP contribution in [-0.2, 0) is 11.2 Å². The molecule has 0 radical (unpaired) electrons. The van der Waals surface area contributed by atoms with Gasteiger partial charge in [0.05, 0.1) is 19.3 Å². The highest BCUT2D eigenvalue weighted by Crippen LogP contribution is 2.20. The van der Waals surface area contributed by atoms with Crippen molar-refractivity contribution in [2.75, 3.05) is 13.2 Å². The lowest BCUT2D eigenvalue weighted by atomic mass is 9.98. The van der Waals surface area contributed by atoms with E-state index in [-0.39, 0.29) is 6.61 Å². The van der Waals surface area contributed by atoms with E-state index in [0.29, 0.717) is 12.5 Å². The Hall–Kier alpha value is -1.10. The van der Waals surface area contributed by atoms with E-state index in [2.05, 4.69) is 6.08 Å². The van der Waals surface area contributed by atoms with Crippen molar-refractivity contribution < 1.29 is 14.3 Å². The molecule has 23 heavy (non-hydrogen) atoms. The number of aryl methyl sites for hydroxylation is 1. The fourth-order valence-electron chi connectivity index (χ4n) is 2.84. The van der Waals surface area contributed by atoms with E-state index in [0.717, 1.165) is 31.0 Å². The number of hydrogen-bond acceptors (Lipinski definition) is 4. The Morgan fingerprint density at radius 3 is 2.87 bits per heavy atom. The Labute approximate surface area is 139 Å². The van der Waals surface area contributed by atoms with Crippen molar-refractivity contribution in [1.29, 1.82) is 0 Å². The van der Waals surface area contributed by atoms with Crippen LogP contribution in [0.25, 0.3) is 6.08 Å². The Balaban J connectivity index is 1.65. The van der Waals surface area contributed by atoms with Crippen molar-refractivity contribution in [3.63, 3.8) is 0 Å². The molecule has 1 aromatic rings. The highest BCUT2D eigenvalue weighted by atomic mass is 16.5. The van der Waals surface area contributed by atoms with Crippen LogP contribution in [0.5, 0.6) is 0 Å². The highest BCUT2D eigenvalue weighted by Gasteiger charge is 2.17. The average Bonchev–Trinajstić information content (AvgIpc) is 3.02. The van der Waals surface area contributed by atoms with Gasteiger partial charge in [-0.3, -0.25) is 0 Å². The van der Waals surface area contributed by atoms with Gasteiger partial charge in [0.25, 0.3) is 0 Å². The summed E-state index contributed by atoms with van der Waals surface area (Å²) in [7, 11) is 0. The molecule has 0 saturated heterocycles. The van der Waals surface area contributed by atoms with Gasteiger partial charge in [-0.25, -0.2) is 0 Å². The summed E-state index contributed by atoms with van der Waals surface area (Å²) >= 11 is 0. The van der Waals surface area contributed by atoms with Crippen LogP contribution in [0.4, 0.5) is 0 Å². The molecule has 0 amide bonds. The van der Waals surface area contributed by atoms with Gasteiger partial charge in [-0.15, -0.1) is 0 Å². The molecule has 1 aromatic heterocycles. The largest absolute Gasteiger partial charge is 0.462 e. The van der Waals surface area contributed by atoms with Gasteiger partial charge in [0.1, 0.15) is 11.5 Å². The number of furan rings is 1. The molecule has 0 spiro atoms. The van der Waals surface area contributed by atoms with Gasteiger partial charge in [-0.2, -0.15) is 0 Å². The molecule has 4 nitrogen and oxygen atoms in total. The second-order valence-electron chi connectivity index (χ2n) is 6.94. The summed E-state index contributed by atoms with van der Waals surface area (Å²) in [5.41, 5.74) is 5.38. The number of aliphatic hydroxyl groups is 1. The second kappa shape index (κ2) is 9.26. The summed E-state index contributed by atoms with van der Waals surface area (Å²) in [6.07, 6.45) is 13.4. The van der Waals surface area contributed by atoms with Crippen molar-refractivity contribution in [3.05, 3.63) is 29.7 Å². The highest BCUT2D eigenvalue weighted by molar-refractivity contribution is 5.42. The molecule has 1 heterocycles. The van der Waals surface area contributed by atoms with Crippen molar-refractivity contribution >= 4 is 6.08 Å². The predicted octanol–water partition coefficient (Wildman–Crippen LogP) is 3.67. The van der Waals surface area contributed by atoms with E-state index in [1.807, 2.05) is 25.1 Å².